The number of aliphatic hydroxyl groups excluding tert-OH is 1. The fraction of sp³-hybridized carbons (Fsp3) is 0.766. The molecule has 3 atom stereocenters. The van der Waals surface area contributed by atoms with Crippen LogP contribution in [0, 0.1) is 0 Å². The summed E-state index contributed by atoms with van der Waals surface area (Å²) < 4.78 is 23.2. The van der Waals surface area contributed by atoms with E-state index in [4.69, 9.17) is 9.05 Å². The summed E-state index contributed by atoms with van der Waals surface area (Å²) >= 11 is 0. The second-order valence-electron chi connectivity index (χ2n) is 21.7. The van der Waals surface area contributed by atoms with Crippen molar-refractivity contribution >= 4 is 13.7 Å². The standard InChI is InChI=1S/C64H117N2O6P/c1-6-8-10-12-14-16-18-19-20-21-22-23-24-25-26-27-28-29-30-31-32-33-34-35-36-37-38-39-40-41-42-43-44-45-46-47-48-50-52-54-56-58-64(68)65-62(61-72-73(69,70)71-60-59-66(3,4)5)63(67)57-55-53-51-49-17-15-13-11-9-7-2/h8,10,14,16-17,19-20,22-23,25-26,49,55,57,62-63,67H,6-7,9,11-13,15,18,21,24,27-48,50-54,56,58-61H2,1-5H3,(H-,65,68,69,70)/b10-8-,16-14-,20-19-,23-22-,26-25-,49-17+,57-55+. The highest BCUT2D eigenvalue weighted by atomic mass is 31.2. The average Bonchev–Trinajstić information content (AvgIpc) is 3.35. The van der Waals surface area contributed by atoms with Gasteiger partial charge in [-0.05, 0) is 77.0 Å². The molecule has 0 fully saturated rings. The van der Waals surface area contributed by atoms with Crippen molar-refractivity contribution in [1.29, 1.82) is 0 Å². The molecule has 0 aromatic heterocycles. The third-order valence-electron chi connectivity index (χ3n) is 13.3. The van der Waals surface area contributed by atoms with Crippen LogP contribution < -0.4 is 10.2 Å². The molecular formula is C64H117N2O6P. The Morgan fingerprint density at radius 3 is 1.27 bits per heavy atom. The third kappa shape index (κ3) is 57.2. The minimum absolute atomic E-state index is 0.00713. The number of nitrogens with zero attached hydrogens (tertiary/aromatic N) is 1. The first-order chi connectivity index (χ1) is 35.5. The molecule has 0 aliphatic rings. The van der Waals surface area contributed by atoms with E-state index in [1.807, 2.05) is 27.2 Å². The van der Waals surface area contributed by atoms with Crippen LogP contribution >= 0.6 is 7.82 Å². The molecule has 0 radical (unpaired) electrons. The minimum atomic E-state index is -4.60. The van der Waals surface area contributed by atoms with Crippen molar-refractivity contribution in [2.75, 3.05) is 40.9 Å². The number of amides is 1. The van der Waals surface area contributed by atoms with Gasteiger partial charge >= 0.3 is 0 Å². The Bertz CT molecular complexity index is 1460. The first-order valence-electron chi connectivity index (χ1n) is 30.4. The number of carbonyl (C=O) groups excluding carboxylic acids is 1. The molecule has 1 amide bonds. The molecule has 424 valence electrons. The quantitative estimate of drug-likeness (QED) is 0.0272. The van der Waals surface area contributed by atoms with Crippen LogP contribution in [0.5, 0.6) is 0 Å². The lowest BCUT2D eigenvalue weighted by molar-refractivity contribution is -0.870. The molecule has 3 unspecified atom stereocenters. The molecule has 2 N–H and O–H groups in total. The van der Waals surface area contributed by atoms with Crippen molar-refractivity contribution in [3.05, 3.63) is 85.1 Å². The fourth-order valence-electron chi connectivity index (χ4n) is 8.61. The highest BCUT2D eigenvalue weighted by molar-refractivity contribution is 7.45. The average molecular weight is 1040 g/mol. The number of phosphoric ester groups is 1. The molecule has 9 heteroatoms. The fourth-order valence-corrected chi connectivity index (χ4v) is 9.33. The number of phosphoric acid groups is 1. The first-order valence-corrected chi connectivity index (χ1v) is 31.9. The summed E-state index contributed by atoms with van der Waals surface area (Å²) in [7, 11) is 1.24. The number of nitrogens with one attached hydrogen (secondary N) is 1. The smallest absolute Gasteiger partial charge is 0.268 e. The van der Waals surface area contributed by atoms with Gasteiger partial charge in [-0.2, -0.15) is 0 Å². The summed E-state index contributed by atoms with van der Waals surface area (Å²) in [6.45, 7) is 4.48. The number of unbranched alkanes of at least 4 members (excludes halogenated alkanes) is 30. The van der Waals surface area contributed by atoms with Crippen LogP contribution in [0.4, 0.5) is 0 Å². The van der Waals surface area contributed by atoms with E-state index in [0.717, 1.165) is 70.6 Å². The van der Waals surface area contributed by atoms with Crippen molar-refractivity contribution < 1.29 is 32.9 Å². The zero-order chi connectivity index (χ0) is 53.5. The maximum absolute atomic E-state index is 12.9. The molecule has 0 spiro atoms. The molecule has 0 aliphatic heterocycles. The molecule has 0 aliphatic carbocycles. The number of allylic oxidation sites excluding steroid dienone is 13. The van der Waals surface area contributed by atoms with Gasteiger partial charge in [-0.15, -0.1) is 0 Å². The molecule has 8 nitrogen and oxygen atoms in total. The Kier molecular flexibility index (Phi) is 52.7. The van der Waals surface area contributed by atoms with Crippen LogP contribution in [-0.4, -0.2) is 68.5 Å². The summed E-state index contributed by atoms with van der Waals surface area (Å²) in [6.07, 6.45) is 77.2. The summed E-state index contributed by atoms with van der Waals surface area (Å²) in [5.74, 6) is -0.207. The van der Waals surface area contributed by atoms with Crippen molar-refractivity contribution in [3.8, 4) is 0 Å². The predicted octanol–water partition coefficient (Wildman–Crippen LogP) is 18.2. The lowest BCUT2D eigenvalue weighted by Crippen LogP contribution is -2.45. The van der Waals surface area contributed by atoms with Gasteiger partial charge < -0.3 is 28.8 Å². The summed E-state index contributed by atoms with van der Waals surface area (Å²) in [5, 5.41) is 13.8. The molecule has 0 aromatic carbocycles. The van der Waals surface area contributed by atoms with Crippen LogP contribution in [0.1, 0.15) is 264 Å². The van der Waals surface area contributed by atoms with Crippen LogP contribution in [0.15, 0.2) is 85.1 Å². The second kappa shape index (κ2) is 54.5. The Morgan fingerprint density at radius 1 is 0.493 bits per heavy atom. The van der Waals surface area contributed by atoms with Gasteiger partial charge in [0.25, 0.3) is 7.82 Å². The lowest BCUT2D eigenvalue weighted by atomic mass is 10.0. The molecule has 0 rings (SSSR count). The third-order valence-corrected chi connectivity index (χ3v) is 14.3. The highest BCUT2D eigenvalue weighted by Gasteiger charge is 2.23. The first kappa shape index (κ1) is 70.7. The zero-order valence-corrected chi connectivity index (χ0v) is 49.2. The summed E-state index contributed by atoms with van der Waals surface area (Å²) in [5.41, 5.74) is 0. The van der Waals surface area contributed by atoms with Gasteiger partial charge in [0.15, 0.2) is 0 Å². The van der Waals surface area contributed by atoms with Crippen LogP contribution in [0.3, 0.4) is 0 Å². The van der Waals surface area contributed by atoms with Crippen LogP contribution in [0.25, 0.3) is 0 Å². The molecule has 0 bridgehead atoms. The Labute approximate surface area is 452 Å². The largest absolute Gasteiger partial charge is 0.756 e. The highest BCUT2D eigenvalue weighted by Crippen LogP contribution is 2.38. The molecule has 0 saturated heterocycles. The second-order valence-corrected chi connectivity index (χ2v) is 23.1. The Morgan fingerprint density at radius 2 is 0.849 bits per heavy atom. The zero-order valence-electron chi connectivity index (χ0n) is 48.3. The SMILES string of the molecule is CC/C=C\C/C=C\C/C=C\C/C=C\C/C=C\CCCCCCCCCCCCCCCCCCCCCCCCCCCC(=O)NC(COP(=O)([O-])OCC[N+](C)(C)C)C(O)/C=C/CC/C=C/CCCCCC. The molecule has 0 heterocycles. The minimum Gasteiger partial charge on any atom is -0.756 e. The topological polar surface area (TPSA) is 108 Å². The lowest BCUT2D eigenvalue weighted by Gasteiger charge is -2.29. The van der Waals surface area contributed by atoms with E-state index in [1.54, 1.807) is 6.08 Å². The van der Waals surface area contributed by atoms with Crippen molar-refractivity contribution in [1.82, 2.24) is 5.32 Å². The van der Waals surface area contributed by atoms with Gasteiger partial charge in [0.05, 0.1) is 39.9 Å². The van der Waals surface area contributed by atoms with Gasteiger partial charge in [0, 0.05) is 6.42 Å². The van der Waals surface area contributed by atoms with Crippen molar-refractivity contribution in [3.63, 3.8) is 0 Å². The number of carbonyl (C=O) groups is 1. The van der Waals surface area contributed by atoms with E-state index in [0.29, 0.717) is 17.4 Å². The number of likely N-dealkylation sites (N-methyl/N-ethyl adjacent to an activating group) is 1. The van der Waals surface area contributed by atoms with Crippen LogP contribution in [0.2, 0.25) is 0 Å². The molecule has 73 heavy (non-hydrogen) atoms. The van der Waals surface area contributed by atoms with E-state index >= 15 is 0 Å². The maximum Gasteiger partial charge on any atom is 0.268 e. The van der Waals surface area contributed by atoms with E-state index < -0.39 is 26.6 Å². The molecule has 0 aromatic rings. The maximum atomic E-state index is 12.9. The number of aliphatic hydroxyl groups is 1. The molecular weight excluding hydrogens is 924 g/mol. The van der Waals surface area contributed by atoms with E-state index in [2.05, 4.69) is 92.1 Å². The van der Waals surface area contributed by atoms with E-state index in [9.17, 15) is 19.4 Å². The number of hydrogen-bond acceptors (Lipinski definition) is 6. The van der Waals surface area contributed by atoms with Gasteiger partial charge in [-0.1, -0.05) is 266 Å². The Balaban J connectivity index is 3.82. The van der Waals surface area contributed by atoms with Gasteiger partial charge in [-0.3, -0.25) is 9.36 Å². The summed E-state index contributed by atoms with van der Waals surface area (Å²) in [4.78, 5) is 25.4. The van der Waals surface area contributed by atoms with E-state index in [1.165, 1.54) is 173 Å². The van der Waals surface area contributed by atoms with Crippen LogP contribution in [-0.2, 0) is 18.4 Å². The predicted molar refractivity (Wildman–Crippen MR) is 316 cm³/mol. The number of quaternary nitrogens is 1. The number of hydrogen-bond donors (Lipinski definition) is 2. The summed E-state index contributed by atoms with van der Waals surface area (Å²) in [6, 6.07) is -0.902. The monoisotopic (exact) mass is 1040 g/mol. The Hall–Kier alpha value is -2.32. The van der Waals surface area contributed by atoms with Gasteiger partial charge in [0.1, 0.15) is 13.2 Å². The van der Waals surface area contributed by atoms with Crippen molar-refractivity contribution in [2.45, 2.75) is 276 Å². The molecule has 0 saturated carbocycles. The number of rotatable bonds is 55. The van der Waals surface area contributed by atoms with Gasteiger partial charge in [0.2, 0.25) is 5.91 Å². The van der Waals surface area contributed by atoms with E-state index in [-0.39, 0.29) is 12.5 Å². The van der Waals surface area contributed by atoms with Crippen molar-refractivity contribution in [2.24, 2.45) is 0 Å². The normalized spacial score (nSPS) is 14.5. The van der Waals surface area contributed by atoms with Gasteiger partial charge in [-0.25, -0.2) is 0 Å².